The number of nitrogens with zero attached hydrogens (tertiary/aromatic N) is 1. The van der Waals surface area contributed by atoms with Crippen molar-refractivity contribution in [2.45, 2.75) is 44.2 Å². The predicted octanol–water partition coefficient (Wildman–Crippen LogP) is -0.309. The quantitative estimate of drug-likeness (QED) is 0.758. The van der Waals surface area contributed by atoms with Crippen LogP contribution >= 0.6 is 0 Å². The molecule has 0 bridgehead atoms. The molecule has 112 valence electrons. The second-order valence-corrected chi connectivity index (χ2v) is 8.60. The van der Waals surface area contributed by atoms with E-state index < -0.39 is 15.4 Å². The van der Waals surface area contributed by atoms with Gasteiger partial charge >= 0.3 is 0 Å². The van der Waals surface area contributed by atoms with Gasteiger partial charge in [0.05, 0.1) is 18.1 Å². The lowest BCUT2D eigenvalue weighted by molar-refractivity contribution is -0.152. The Morgan fingerprint density at radius 1 is 1.25 bits per heavy atom. The Hall–Kier alpha value is -1.11. The van der Waals surface area contributed by atoms with Crippen molar-refractivity contribution >= 4 is 21.7 Å². The minimum absolute atomic E-state index is 0.00718. The van der Waals surface area contributed by atoms with Gasteiger partial charge in [0.15, 0.2) is 9.84 Å². The standard InChI is InChI=1S/C13H20N2O4S/c1-13(9-4-5-9)12(17)15(7-11(16)14-13)10-3-2-6-20(18,19)8-10/h9-10H,2-8H2,1H3,(H,14,16). The lowest BCUT2D eigenvalue weighted by Crippen LogP contribution is -2.69. The van der Waals surface area contributed by atoms with Crippen LogP contribution in [0.3, 0.4) is 0 Å². The minimum atomic E-state index is -3.09. The zero-order valence-corrected chi connectivity index (χ0v) is 12.4. The van der Waals surface area contributed by atoms with Gasteiger partial charge in [0.25, 0.3) is 0 Å². The number of carbonyl (C=O) groups is 2. The minimum Gasteiger partial charge on any atom is -0.340 e. The number of carbonyl (C=O) groups excluding carboxylic acids is 2. The normalized spacial score (nSPS) is 37.6. The molecule has 2 aliphatic heterocycles. The molecule has 2 unspecified atom stereocenters. The highest BCUT2D eigenvalue weighted by Crippen LogP contribution is 2.42. The molecule has 2 saturated heterocycles. The number of hydrogen-bond donors (Lipinski definition) is 1. The van der Waals surface area contributed by atoms with Crippen LogP contribution < -0.4 is 5.32 Å². The number of nitrogens with one attached hydrogen (secondary N) is 1. The number of hydrogen-bond acceptors (Lipinski definition) is 4. The largest absolute Gasteiger partial charge is 0.340 e. The second-order valence-electron chi connectivity index (χ2n) is 6.37. The Morgan fingerprint density at radius 2 is 1.95 bits per heavy atom. The fraction of sp³-hybridized carbons (Fsp3) is 0.846. The molecule has 3 aliphatic rings. The monoisotopic (exact) mass is 300 g/mol. The lowest BCUT2D eigenvalue weighted by Gasteiger charge is -2.44. The summed E-state index contributed by atoms with van der Waals surface area (Å²) in [5.74, 6) is 0.0929. The maximum absolute atomic E-state index is 12.7. The summed E-state index contributed by atoms with van der Waals surface area (Å²) in [6.07, 6.45) is 3.12. The van der Waals surface area contributed by atoms with Crippen molar-refractivity contribution in [3.8, 4) is 0 Å². The van der Waals surface area contributed by atoms with Gasteiger partial charge in [0.1, 0.15) is 5.54 Å². The molecule has 1 saturated carbocycles. The topological polar surface area (TPSA) is 83.6 Å². The van der Waals surface area contributed by atoms with Crippen molar-refractivity contribution in [3.05, 3.63) is 0 Å². The molecular formula is C13H20N2O4S. The first-order valence-corrected chi connectivity index (χ1v) is 8.96. The fourth-order valence-electron chi connectivity index (χ4n) is 3.38. The van der Waals surface area contributed by atoms with E-state index in [0.717, 1.165) is 12.8 Å². The average molecular weight is 300 g/mol. The van der Waals surface area contributed by atoms with Crippen LogP contribution in [0.2, 0.25) is 0 Å². The lowest BCUT2D eigenvalue weighted by atomic mass is 9.90. The second kappa shape index (κ2) is 4.44. The van der Waals surface area contributed by atoms with Gasteiger partial charge in [-0.1, -0.05) is 0 Å². The summed E-state index contributed by atoms with van der Waals surface area (Å²) in [6, 6.07) is -0.342. The smallest absolute Gasteiger partial charge is 0.249 e. The van der Waals surface area contributed by atoms with E-state index in [2.05, 4.69) is 5.32 Å². The average Bonchev–Trinajstić information content (AvgIpc) is 3.16. The molecule has 0 spiro atoms. The van der Waals surface area contributed by atoms with Crippen LogP contribution in [0.15, 0.2) is 0 Å². The van der Waals surface area contributed by atoms with Gasteiger partial charge in [-0.15, -0.1) is 0 Å². The highest BCUT2D eigenvalue weighted by molar-refractivity contribution is 7.91. The van der Waals surface area contributed by atoms with E-state index in [1.807, 2.05) is 0 Å². The molecule has 1 aliphatic carbocycles. The van der Waals surface area contributed by atoms with Crippen molar-refractivity contribution in [3.63, 3.8) is 0 Å². The van der Waals surface area contributed by atoms with E-state index in [-0.39, 0.29) is 41.8 Å². The van der Waals surface area contributed by atoms with Crippen molar-refractivity contribution in [1.29, 1.82) is 0 Å². The van der Waals surface area contributed by atoms with E-state index in [9.17, 15) is 18.0 Å². The van der Waals surface area contributed by atoms with E-state index in [1.54, 1.807) is 6.92 Å². The summed E-state index contributed by atoms with van der Waals surface area (Å²) in [5.41, 5.74) is -0.837. The third-order valence-corrected chi connectivity index (χ3v) is 6.50. The first-order chi connectivity index (χ1) is 9.32. The van der Waals surface area contributed by atoms with Gasteiger partial charge in [-0.25, -0.2) is 8.42 Å². The maximum Gasteiger partial charge on any atom is 0.249 e. The zero-order valence-electron chi connectivity index (χ0n) is 11.6. The van der Waals surface area contributed by atoms with Gasteiger partial charge in [-0.05, 0) is 38.5 Å². The van der Waals surface area contributed by atoms with Gasteiger partial charge < -0.3 is 10.2 Å². The van der Waals surface area contributed by atoms with Crippen molar-refractivity contribution < 1.29 is 18.0 Å². The summed E-state index contributed by atoms with van der Waals surface area (Å²) in [6.45, 7) is 1.76. The predicted molar refractivity (Wildman–Crippen MR) is 72.7 cm³/mol. The Kier molecular flexibility index (Phi) is 3.08. The fourth-order valence-corrected chi connectivity index (χ4v) is 5.09. The van der Waals surface area contributed by atoms with Gasteiger partial charge in [0, 0.05) is 6.04 Å². The van der Waals surface area contributed by atoms with Crippen LogP contribution in [0.1, 0.15) is 32.6 Å². The Labute approximate surface area is 118 Å². The molecule has 2 amide bonds. The molecule has 2 atom stereocenters. The highest BCUT2D eigenvalue weighted by Gasteiger charge is 2.54. The zero-order chi connectivity index (χ0) is 14.5. The van der Waals surface area contributed by atoms with E-state index in [1.165, 1.54) is 4.90 Å². The third kappa shape index (κ3) is 2.32. The number of rotatable bonds is 2. The molecule has 1 N–H and O–H groups in total. The molecule has 3 fully saturated rings. The highest BCUT2D eigenvalue weighted by atomic mass is 32.2. The molecular weight excluding hydrogens is 280 g/mol. The van der Waals surface area contributed by atoms with Crippen LogP contribution in [0, 0.1) is 5.92 Å². The van der Waals surface area contributed by atoms with E-state index >= 15 is 0 Å². The summed E-state index contributed by atoms with van der Waals surface area (Å²) in [4.78, 5) is 26.1. The Balaban J connectivity index is 1.84. The molecule has 0 radical (unpaired) electrons. The van der Waals surface area contributed by atoms with E-state index in [4.69, 9.17) is 0 Å². The molecule has 0 aromatic heterocycles. The molecule has 3 rings (SSSR count). The van der Waals surface area contributed by atoms with Crippen LogP contribution in [0.4, 0.5) is 0 Å². The Bertz CT molecular complexity index is 555. The summed E-state index contributed by atoms with van der Waals surface area (Å²) in [5, 5.41) is 2.81. The first-order valence-electron chi connectivity index (χ1n) is 7.14. The van der Waals surface area contributed by atoms with Gasteiger partial charge in [-0.2, -0.15) is 0 Å². The van der Waals surface area contributed by atoms with Gasteiger partial charge in [-0.3, -0.25) is 9.59 Å². The van der Waals surface area contributed by atoms with Crippen LogP contribution in [0.5, 0.6) is 0 Å². The summed E-state index contributed by atoms with van der Waals surface area (Å²) >= 11 is 0. The molecule has 7 heteroatoms. The third-order valence-electron chi connectivity index (χ3n) is 4.69. The molecule has 0 aromatic rings. The van der Waals surface area contributed by atoms with Gasteiger partial charge in [0.2, 0.25) is 11.8 Å². The van der Waals surface area contributed by atoms with Crippen LogP contribution in [0.25, 0.3) is 0 Å². The van der Waals surface area contributed by atoms with Crippen LogP contribution in [-0.2, 0) is 19.4 Å². The molecule has 0 aromatic carbocycles. The molecule has 2 heterocycles. The van der Waals surface area contributed by atoms with Crippen molar-refractivity contribution in [1.82, 2.24) is 10.2 Å². The van der Waals surface area contributed by atoms with E-state index in [0.29, 0.717) is 12.8 Å². The van der Waals surface area contributed by atoms with Crippen LogP contribution in [-0.4, -0.2) is 54.8 Å². The molecule has 6 nitrogen and oxygen atoms in total. The Morgan fingerprint density at radius 3 is 2.55 bits per heavy atom. The van der Waals surface area contributed by atoms with Crippen molar-refractivity contribution in [2.24, 2.45) is 5.92 Å². The summed E-state index contributed by atoms with van der Waals surface area (Å²) in [7, 11) is -3.09. The number of sulfone groups is 1. The summed E-state index contributed by atoms with van der Waals surface area (Å²) < 4.78 is 23.5. The SMILES string of the molecule is CC1(C2CC2)NC(=O)CN(C2CCCS(=O)(=O)C2)C1=O. The molecule has 20 heavy (non-hydrogen) atoms. The number of amides is 2. The number of piperazine rings is 1. The van der Waals surface area contributed by atoms with Crippen molar-refractivity contribution in [2.75, 3.05) is 18.1 Å². The maximum atomic E-state index is 12.7. The first kappa shape index (κ1) is 13.9.